The second-order valence-electron chi connectivity index (χ2n) is 6.25. The Balaban J connectivity index is 1.40. The van der Waals surface area contributed by atoms with Crippen molar-refractivity contribution >= 4 is 32.6 Å². The highest BCUT2D eigenvalue weighted by atomic mass is 32.1. The Kier molecular flexibility index (Phi) is 4.14. The summed E-state index contributed by atoms with van der Waals surface area (Å²) < 4.78 is 12.0. The monoisotopic (exact) mass is 389 g/mol. The Hall–Kier alpha value is -3.45. The summed E-state index contributed by atoms with van der Waals surface area (Å²) in [5.74, 6) is 1.02. The van der Waals surface area contributed by atoms with E-state index in [1.54, 1.807) is 30.6 Å². The molecule has 1 N–H and O–H groups in total. The van der Waals surface area contributed by atoms with Gasteiger partial charge in [0.05, 0.1) is 10.2 Å². The van der Waals surface area contributed by atoms with Gasteiger partial charge in [0.15, 0.2) is 16.6 Å². The first-order valence-electron chi connectivity index (χ1n) is 8.78. The third-order valence-corrected chi connectivity index (χ3v) is 5.36. The van der Waals surface area contributed by atoms with Crippen LogP contribution in [0.5, 0.6) is 11.5 Å². The average molecular weight is 389 g/mol. The van der Waals surface area contributed by atoms with Crippen molar-refractivity contribution in [3.63, 3.8) is 0 Å². The molecule has 0 saturated heterocycles. The van der Waals surface area contributed by atoms with E-state index in [1.165, 1.54) is 11.3 Å². The fourth-order valence-electron chi connectivity index (χ4n) is 3.06. The van der Waals surface area contributed by atoms with E-state index in [2.05, 4.69) is 21.4 Å². The number of amides is 1. The van der Waals surface area contributed by atoms with E-state index in [0.29, 0.717) is 35.4 Å². The lowest BCUT2D eigenvalue weighted by Crippen LogP contribution is -2.17. The fraction of sp³-hybridized carbons (Fsp3) is 0.0952. The summed E-state index contributed by atoms with van der Waals surface area (Å²) in [5, 5.41) is 3.43. The van der Waals surface area contributed by atoms with Gasteiger partial charge in [-0.1, -0.05) is 17.4 Å². The molecule has 4 aromatic rings. The molecule has 1 amide bonds. The largest absolute Gasteiger partial charge is 0.486 e. The van der Waals surface area contributed by atoms with E-state index >= 15 is 0 Å². The van der Waals surface area contributed by atoms with Gasteiger partial charge in [0.25, 0.3) is 5.91 Å². The SMILES string of the molecule is O=C(Nc1nc2ccc(-c3ccncc3)cc2s1)c1ccc2c(c1)OCCO2. The Bertz CT molecular complexity index is 1170. The third-order valence-electron chi connectivity index (χ3n) is 4.43. The molecular weight excluding hydrogens is 374 g/mol. The smallest absolute Gasteiger partial charge is 0.257 e. The van der Waals surface area contributed by atoms with E-state index in [1.807, 2.05) is 24.3 Å². The lowest BCUT2D eigenvalue weighted by molar-refractivity contribution is 0.102. The van der Waals surface area contributed by atoms with Gasteiger partial charge in [0, 0.05) is 18.0 Å². The molecule has 2 aromatic heterocycles. The number of pyridine rings is 1. The third kappa shape index (κ3) is 3.16. The summed E-state index contributed by atoms with van der Waals surface area (Å²) in [7, 11) is 0. The van der Waals surface area contributed by atoms with Gasteiger partial charge in [-0.15, -0.1) is 0 Å². The Morgan fingerprint density at radius 2 is 1.75 bits per heavy atom. The number of thiazole rings is 1. The van der Waals surface area contributed by atoms with Crippen LogP contribution in [0.2, 0.25) is 0 Å². The minimum atomic E-state index is -0.231. The number of nitrogens with zero attached hydrogens (tertiary/aromatic N) is 2. The van der Waals surface area contributed by atoms with Crippen LogP contribution in [0.1, 0.15) is 10.4 Å². The Morgan fingerprint density at radius 3 is 2.61 bits per heavy atom. The molecule has 6 nitrogen and oxygen atoms in total. The molecule has 5 rings (SSSR count). The number of benzene rings is 2. The summed E-state index contributed by atoms with van der Waals surface area (Å²) in [6.07, 6.45) is 3.54. The highest BCUT2D eigenvalue weighted by molar-refractivity contribution is 7.22. The van der Waals surface area contributed by atoms with Crippen LogP contribution in [0, 0.1) is 0 Å². The van der Waals surface area contributed by atoms with Crippen molar-refractivity contribution in [1.29, 1.82) is 0 Å². The number of carbonyl (C=O) groups excluding carboxylic acids is 1. The number of ether oxygens (including phenoxy) is 2. The maximum absolute atomic E-state index is 12.6. The number of aromatic nitrogens is 2. The average Bonchev–Trinajstić information content (AvgIpc) is 3.15. The van der Waals surface area contributed by atoms with Gasteiger partial charge in [0.2, 0.25) is 0 Å². The van der Waals surface area contributed by atoms with Crippen molar-refractivity contribution in [1.82, 2.24) is 9.97 Å². The highest BCUT2D eigenvalue weighted by Gasteiger charge is 2.16. The first-order valence-corrected chi connectivity index (χ1v) is 9.60. The van der Waals surface area contributed by atoms with Gasteiger partial charge in [0.1, 0.15) is 13.2 Å². The standard InChI is InChI=1S/C21H15N3O3S/c25-20(15-2-4-17-18(11-15)27-10-9-26-17)24-21-23-16-3-1-14(12-19(16)28-21)13-5-7-22-8-6-13/h1-8,11-12H,9-10H2,(H,23,24,25). The molecule has 0 bridgehead atoms. The number of hydrogen-bond acceptors (Lipinski definition) is 6. The zero-order valence-corrected chi connectivity index (χ0v) is 15.5. The maximum Gasteiger partial charge on any atom is 0.257 e. The van der Waals surface area contributed by atoms with Crippen LogP contribution in [-0.4, -0.2) is 29.1 Å². The molecule has 0 unspecified atom stereocenters. The van der Waals surface area contributed by atoms with Gasteiger partial charge in [-0.05, 0) is 53.6 Å². The van der Waals surface area contributed by atoms with Gasteiger partial charge < -0.3 is 9.47 Å². The van der Waals surface area contributed by atoms with Crippen LogP contribution >= 0.6 is 11.3 Å². The second kappa shape index (κ2) is 6.94. The van der Waals surface area contributed by atoms with Crippen molar-refractivity contribution in [3.8, 4) is 22.6 Å². The van der Waals surface area contributed by atoms with Crippen LogP contribution < -0.4 is 14.8 Å². The number of nitrogens with one attached hydrogen (secondary N) is 1. The minimum absolute atomic E-state index is 0.231. The molecule has 28 heavy (non-hydrogen) atoms. The number of rotatable bonds is 3. The molecule has 138 valence electrons. The van der Waals surface area contributed by atoms with Crippen LogP contribution in [0.3, 0.4) is 0 Å². The molecule has 1 aliphatic rings. The molecular formula is C21H15N3O3S. The molecule has 3 heterocycles. The van der Waals surface area contributed by atoms with Crippen LogP contribution in [0.15, 0.2) is 60.9 Å². The zero-order valence-electron chi connectivity index (χ0n) is 14.7. The molecule has 0 atom stereocenters. The van der Waals surface area contributed by atoms with E-state index < -0.39 is 0 Å². The topological polar surface area (TPSA) is 73.3 Å². The van der Waals surface area contributed by atoms with Gasteiger partial charge >= 0.3 is 0 Å². The molecule has 0 radical (unpaired) electrons. The lowest BCUT2D eigenvalue weighted by atomic mass is 10.1. The minimum Gasteiger partial charge on any atom is -0.486 e. The molecule has 0 saturated carbocycles. The van der Waals surface area contributed by atoms with Crippen LogP contribution in [-0.2, 0) is 0 Å². The molecule has 1 aliphatic heterocycles. The van der Waals surface area contributed by atoms with E-state index in [4.69, 9.17) is 9.47 Å². The summed E-state index contributed by atoms with van der Waals surface area (Å²) >= 11 is 1.44. The van der Waals surface area contributed by atoms with Crippen molar-refractivity contribution < 1.29 is 14.3 Å². The fourth-order valence-corrected chi connectivity index (χ4v) is 3.96. The zero-order chi connectivity index (χ0) is 18.9. The number of anilines is 1. The normalized spacial score (nSPS) is 12.7. The van der Waals surface area contributed by atoms with E-state index in [-0.39, 0.29) is 5.91 Å². The maximum atomic E-state index is 12.6. The lowest BCUT2D eigenvalue weighted by Gasteiger charge is -2.18. The summed E-state index contributed by atoms with van der Waals surface area (Å²) in [6.45, 7) is 1.00. The quantitative estimate of drug-likeness (QED) is 0.563. The van der Waals surface area contributed by atoms with Gasteiger partial charge in [-0.2, -0.15) is 0 Å². The first-order chi connectivity index (χ1) is 13.8. The Labute approximate surface area is 164 Å². The van der Waals surface area contributed by atoms with Crippen molar-refractivity contribution in [2.24, 2.45) is 0 Å². The summed E-state index contributed by atoms with van der Waals surface area (Å²) in [5.41, 5.74) is 3.52. The number of carbonyl (C=O) groups is 1. The molecule has 7 heteroatoms. The molecule has 0 fully saturated rings. The number of hydrogen-bond donors (Lipinski definition) is 1. The molecule has 2 aromatic carbocycles. The van der Waals surface area contributed by atoms with Crippen LogP contribution in [0.4, 0.5) is 5.13 Å². The van der Waals surface area contributed by atoms with Crippen molar-refractivity contribution in [2.75, 3.05) is 18.5 Å². The van der Waals surface area contributed by atoms with Crippen LogP contribution in [0.25, 0.3) is 21.3 Å². The van der Waals surface area contributed by atoms with E-state index in [9.17, 15) is 4.79 Å². The first kappa shape index (κ1) is 16.7. The second-order valence-corrected chi connectivity index (χ2v) is 7.28. The summed E-state index contributed by atoms with van der Waals surface area (Å²) in [6, 6.07) is 15.1. The highest BCUT2D eigenvalue weighted by Crippen LogP contribution is 2.33. The molecule has 0 aliphatic carbocycles. The van der Waals surface area contributed by atoms with Crippen molar-refractivity contribution in [3.05, 3.63) is 66.5 Å². The van der Waals surface area contributed by atoms with E-state index in [0.717, 1.165) is 21.3 Å². The predicted molar refractivity (Wildman–Crippen MR) is 108 cm³/mol. The van der Waals surface area contributed by atoms with Gasteiger partial charge in [-0.3, -0.25) is 15.1 Å². The summed E-state index contributed by atoms with van der Waals surface area (Å²) in [4.78, 5) is 21.2. The Morgan fingerprint density at radius 1 is 0.929 bits per heavy atom. The predicted octanol–water partition coefficient (Wildman–Crippen LogP) is 4.38. The number of fused-ring (bicyclic) bond motifs is 2. The van der Waals surface area contributed by atoms with Gasteiger partial charge in [-0.25, -0.2) is 4.98 Å². The van der Waals surface area contributed by atoms with Crippen molar-refractivity contribution in [2.45, 2.75) is 0 Å². The molecule has 0 spiro atoms.